The van der Waals surface area contributed by atoms with E-state index >= 15 is 0 Å². The van der Waals surface area contributed by atoms with Crippen LogP contribution in [-0.2, 0) is 6.42 Å². The Labute approximate surface area is 99.1 Å². The molecule has 1 atom stereocenters. The number of aromatic nitrogens is 2. The van der Waals surface area contributed by atoms with Crippen molar-refractivity contribution in [2.24, 2.45) is 5.73 Å². The first-order valence-corrected chi connectivity index (χ1v) is 5.84. The van der Waals surface area contributed by atoms with E-state index in [-0.39, 0.29) is 12.0 Å². The van der Waals surface area contributed by atoms with Crippen LogP contribution in [-0.4, -0.2) is 9.55 Å². The number of benzene rings is 1. The highest BCUT2D eigenvalue weighted by molar-refractivity contribution is 5.59. The fraction of sp³-hybridized carbons (Fsp3) is 0.308. The molecule has 0 bridgehead atoms. The Morgan fingerprint density at radius 2 is 2.18 bits per heavy atom. The fourth-order valence-corrected chi connectivity index (χ4v) is 2.31. The third kappa shape index (κ3) is 1.74. The summed E-state index contributed by atoms with van der Waals surface area (Å²) in [5, 5.41) is 0. The fourth-order valence-electron chi connectivity index (χ4n) is 2.31. The van der Waals surface area contributed by atoms with Crippen molar-refractivity contribution >= 4 is 0 Å². The Hall–Kier alpha value is -1.68. The largest absolute Gasteiger partial charge is 0.318 e. The lowest BCUT2D eigenvalue weighted by Gasteiger charge is -2.20. The number of fused-ring (bicyclic) bond motifs is 1. The van der Waals surface area contributed by atoms with Crippen molar-refractivity contribution in [2.75, 3.05) is 0 Å². The number of hydrogen-bond acceptors (Lipinski definition) is 2. The highest BCUT2D eigenvalue weighted by Gasteiger charge is 2.19. The second-order valence-electron chi connectivity index (χ2n) is 4.39. The van der Waals surface area contributed by atoms with Gasteiger partial charge in [-0.15, -0.1) is 0 Å². The summed E-state index contributed by atoms with van der Waals surface area (Å²) in [6.07, 6.45) is 4.76. The van der Waals surface area contributed by atoms with Gasteiger partial charge in [0.15, 0.2) is 0 Å². The maximum Gasteiger partial charge on any atom is 0.132 e. The first-order valence-electron chi connectivity index (χ1n) is 5.84. The lowest BCUT2D eigenvalue weighted by atomic mass is 10.1. The Morgan fingerprint density at radius 3 is 2.94 bits per heavy atom. The molecule has 3 nitrogen and oxygen atoms in total. The van der Waals surface area contributed by atoms with Gasteiger partial charge in [0, 0.05) is 18.2 Å². The van der Waals surface area contributed by atoms with Gasteiger partial charge in [0.1, 0.15) is 11.6 Å². The van der Waals surface area contributed by atoms with Crippen LogP contribution in [0.2, 0.25) is 0 Å². The molecule has 1 unspecified atom stereocenters. The van der Waals surface area contributed by atoms with Gasteiger partial charge in [-0.05, 0) is 25.0 Å². The lowest BCUT2D eigenvalue weighted by Crippen LogP contribution is -2.24. The van der Waals surface area contributed by atoms with Crippen LogP contribution >= 0.6 is 0 Å². The van der Waals surface area contributed by atoms with E-state index in [1.807, 2.05) is 16.8 Å². The third-order valence-electron chi connectivity index (χ3n) is 3.22. The van der Waals surface area contributed by atoms with Gasteiger partial charge in [-0.2, -0.15) is 0 Å². The van der Waals surface area contributed by atoms with E-state index in [1.54, 1.807) is 12.1 Å². The molecule has 1 aliphatic heterocycles. The van der Waals surface area contributed by atoms with E-state index in [2.05, 4.69) is 4.98 Å². The minimum Gasteiger partial charge on any atom is -0.318 e. The second-order valence-corrected chi connectivity index (χ2v) is 4.39. The number of rotatable bonds is 1. The quantitative estimate of drug-likeness (QED) is 0.819. The summed E-state index contributed by atoms with van der Waals surface area (Å²) in [5.74, 6) is 0.721. The lowest BCUT2D eigenvalue weighted by molar-refractivity contribution is 0.408. The van der Waals surface area contributed by atoms with Crippen LogP contribution in [0.4, 0.5) is 4.39 Å². The summed E-state index contributed by atoms with van der Waals surface area (Å²) in [5.41, 5.74) is 7.22. The van der Waals surface area contributed by atoms with Gasteiger partial charge >= 0.3 is 0 Å². The minimum atomic E-state index is -0.239. The standard InChI is InChI=1S/C13H14FN3/c14-10-5-2-1-4-9(10)11-8-17-12(15)6-3-7-13(17)16-11/h1-2,4-5,8,12H,3,6-7,15H2. The first kappa shape index (κ1) is 10.5. The van der Waals surface area contributed by atoms with Crippen molar-refractivity contribution in [2.45, 2.75) is 25.4 Å². The maximum absolute atomic E-state index is 13.7. The average molecular weight is 231 g/mol. The first-order chi connectivity index (χ1) is 8.25. The predicted molar refractivity (Wildman–Crippen MR) is 63.8 cm³/mol. The number of nitrogens with two attached hydrogens (primary N) is 1. The van der Waals surface area contributed by atoms with Crippen LogP contribution in [0, 0.1) is 5.82 Å². The van der Waals surface area contributed by atoms with Gasteiger partial charge in [0.2, 0.25) is 0 Å². The molecule has 3 rings (SSSR count). The molecule has 2 heterocycles. The van der Waals surface area contributed by atoms with Gasteiger partial charge < -0.3 is 10.3 Å². The molecule has 0 fully saturated rings. The molecule has 2 aromatic rings. The molecule has 0 amide bonds. The Morgan fingerprint density at radius 1 is 1.35 bits per heavy atom. The summed E-state index contributed by atoms with van der Waals surface area (Å²) in [6, 6.07) is 6.69. The van der Waals surface area contributed by atoms with Gasteiger partial charge in [-0.1, -0.05) is 12.1 Å². The topological polar surface area (TPSA) is 43.8 Å². The van der Waals surface area contributed by atoms with Crippen molar-refractivity contribution in [3.05, 3.63) is 42.1 Å². The van der Waals surface area contributed by atoms with Gasteiger partial charge in [-0.3, -0.25) is 0 Å². The highest BCUT2D eigenvalue weighted by atomic mass is 19.1. The van der Waals surface area contributed by atoms with E-state index in [4.69, 9.17) is 5.73 Å². The van der Waals surface area contributed by atoms with Crippen molar-refractivity contribution < 1.29 is 4.39 Å². The van der Waals surface area contributed by atoms with E-state index < -0.39 is 0 Å². The molecule has 88 valence electrons. The Balaban J connectivity index is 2.08. The van der Waals surface area contributed by atoms with Crippen LogP contribution in [0.1, 0.15) is 24.8 Å². The number of aryl methyl sites for hydroxylation is 1. The van der Waals surface area contributed by atoms with Crippen molar-refractivity contribution in [1.82, 2.24) is 9.55 Å². The van der Waals surface area contributed by atoms with Gasteiger partial charge in [-0.25, -0.2) is 9.37 Å². The molecule has 0 saturated carbocycles. The van der Waals surface area contributed by atoms with Crippen molar-refractivity contribution in [3.8, 4) is 11.3 Å². The minimum absolute atomic E-state index is 0.0215. The maximum atomic E-state index is 13.7. The Bertz CT molecular complexity index is 547. The van der Waals surface area contributed by atoms with Crippen molar-refractivity contribution in [3.63, 3.8) is 0 Å². The molecule has 4 heteroatoms. The van der Waals surface area contributed by atoms with E-state index in [0.29, 0.717) is 11.3 Å². The SMILES string of the molecule is NC1CCCc2nc(-c3ccccc3F)cn21. The zero-order chi connectivity index (χ0) is 11.8. The molecule has 1 aromatic heterocycles. The van der Waals surface area contributed by atoms with Gasteiger partial charge in [0.05, 0.1) is 11.9 Å². The summed E-state index contributed by atoms with van der Waals surface area (Å²) < 4.78 is 15.6. The molecular formula is C13H14FN3. The molecule has 0 spiro atoms. The predicted octanol–water partition coefficient (Wildman–Crippen LogP) is 2.48. The van der Waals surface area contributed by atoms with Crippen molar-refractivity contribution in [1.29, 1.82) is 0 Å². The highest BCUT2D eigenvalue weighted by Crippen LogP contribution is 2.27. The molecule has 17 heavy (non-hydrogen) atoms. The summed E-state index contributed by atoms with van der Waals surface area (Å²) in [4.78, 5) is 4.48. The molecule has 1 aliphatic rings. The number of nitrogens with zero attached hydrogens (tertiary/aromatic N) is 2. The zero-order valence-corrected chi connectivity index (χ0v) is 9.44. The van der Waals surface area contributed by atoms with Crippen LogP contribution in [0.5, 0.6) is 0 Å². The summed E-state index contributed by atoms with van der Waals surface area (Å²) in [6.45, 7) is 0. The molecule has 0 saturated heterocycles. The van der Waals surface area contributed by atoms with Crippen LogP contribution in [0.3, 0.4) is 0 Å². The number of hydrogen-bond donors (Lipinski definition) is 1. The summed E-state index contributed by atoms with van der Waals surface area (Å²) in [7, 11) is 0. The molecule has 1 aromatic carbocycles. The smallest absolute Gasteiger partial charge is 0.132 e. The summed E-state index contributed by atoms with van der Waals surface area (Å²) >= 11 is 0. The monoisotopic (exact) mass is 231 g/mol. The van der Waals surface area contributed by atoms with Crippen LogP contribution in [0.15, 0.2) is 30.5 Å². The normalized spacial score (nSPS) is 19.1. The van der Waals surface area contributed by atoms with Gasteiger partial charge in [0.25, 0.3) is 0 Å². The number of halogens is 1. The average Bonchev–Trinajstić information content (AvgIpc) is 2.75. The van der Waals surface area contributed by atoms with Crippen LogP contribution < -0.4 is 5.73 Å². The molecule has 2 N–H and O–H groups in total. The van der Waals surface area contributed by atoms with E-state index in [0.717, 1.165) is 25.1 Å². The Kier molecular flexibility index (Phi) is 2.44. The molecule has 0 radical (unpaired) electrons. The van der Waals surface area contributed by atoms with Crippen LogP contribution in [0.25, 0.3) is 11.3 Å². The zero-order valence-electron chi connectivity index (χ0n) is 9.44. The van der Waals surface area contributed by atoms with E-state index in [9.17, 15) is 4.39 Å². The third-order valence-corrected chi connectivity index (χ3v) is 3.22. The second kappa shape index (κ2) is 3.96. The van der Waals surface area contributed by atoms with E-state index in [1.165, 1.54) is 6.07 Å². The molecular weight excluding hydrogens is 217 g/mol. The number of imidazole rings is 1. The molecule has 0 aliphatic carbocycles.